The molecule has 11 nitrogen and oxygen atoms in total. The summed E-state index contributed by atoms with van der Waals surface area (Å²) >= 11 is 6.24. The number of hydrogen-bond donors (Lipinski definition) is 3. The highest BCUT2D eigenvalue weighted by Crippen LogP contribution is 2.37. The molecule has 2 aromatic heterocycles. The second-order valence-corrected chi connectivity index (χ2v) is 11.2. The van der Waals surface area contributed by atoms with E-state index in [4.69, 9.17) is 25.9 Å². The Morgan fingerprint density at radius 1 is 1.29 bits per heavy atom. The molecular formula is C25H27ClN4O7S. The Bertz CT molecular complexity index is 1460. The SMILES string of the molecule is Cc1oc(C(=O)c2cncnc2N[C@@H]2C[C@H](COS(N)(=O)=O)[C@@H](O)C2)cc1[C@@H]1OCCc2ccc(Cl)cc21. The number of aromatic nitrogens is 2. The van der Waals surface area contributed by atoms with Gasteiger partial charge in [0, 0.05) is 28.7 Å². The van der Waals surface area contributed by atoms with Crippen molar-refractivity contribution in [3.63, 3.8) is 0 Å². The molecule has 1 aliphatic carbocycles. The van der Waals surface area contributed by atoms with Crippen molar-refractivity contribution in [3.8, 4) is 0 Å². The van der Waals surface area contributed by atoms with E-state index in [0.29, 0.717) is 30.2 Å². The number of aryl methyl sites for hydroxylation is 1. The normalized spacial score (nSPS) is 23.3. The smallest absolute Gasteiger partial charge is 0.333 e. The minimum Gasteiger partial charge on any atom is -0.457 e. The lowest BCUT2D eigenvalue weighted by Crippen LogP contribution is -2.24. The molecule has 13 heteroatoms. The van der Waals surface area contributed by atoms with E-state index in [1.54, 1.807) is 13.0 Å². The molecule has 38 heavy (non-hydrogen) atoms. The van der Waals surface area contributed by atoms with Crippen LogP contribution in [-0.4, -0.2) is 54.6 Å². The molecule has 0 unspecified atom stereocenters. The second kappa shape index (κ2) is 10.7. The highest BCUT2D eigenvalue weighted by Gasteiger charge is 2.35. The molecule has 0 spiro atoms. The van der Waals surface area contributed by atoms with E-state index in [2.05, 4.69) is 19.5 Å². The van der Waals surface area contributed by atoms with Gasteiger partial charge in [-0.2, -0.15) is 8.42 Å². The van der Waals surface area contributed by atoms with Gasteiger partial charge in [0.2, 0.25) is 5.78 Å². The fraction of sp³-hybridized carbons (Fsp3) is 0.400. The third kappa shape index (κ3) is 5.75. The first-order valence-electron chi connectivity index (χ1n) is 12.1. The number of halogens is 1. The Kier molecular flexibility index (Phi) is 7.54. The number of benzene rings is 1. The highest BCUT2D eigenvalue weighted by atomic mass is 35.5. The van der Waals surface area contributed by atoms with Gasteiger partial charge in [-0.05, 0) is 55.5 Å². The summed E-state index contributed by atoms with van der Waals surface area (Å²) in [6, 6.07) is 7.10. The van der Waals surface area contributed by atoms with Gasteiger partial charge in [0.15, 0.2) is 5.76 Å². The van der Waals surface area contributed by atoms with Crippen LogP contribution in [0.2, 0.25) is 5.02 Å². The maximum Gasteiger partial charge on any atom is 0.333 e. The molecule has 2 aliphatic rings. The zero-order valence-electron chi connectivity index (χ0n) is 20.5. The molecule has 202 valence electrons. The van der Waals surface area contributed by atoms with Gasteiger partial charge < -0.3 is 19.6 Å². The first kappa shape index (κ1) is 26.7. The Hall–Kier alpha value is -2.87. The van der Waals surface area contributed by atoms with E-state index in [1.165, 1.54) is 12.5 Å². The van der Waals surface area contributed by atoms with Crippen molar-refractivity contribution in [3.05, 3.63) is 75.6 Å². The number of fused-ring (bicyclic) bond motifs is 1. The number of nitrogens with one attached hydrogen (secondary N) is 1. The van der Waals surface area contributed by atoms with Gasteiger partial charge in [0.05, 0.1) is 24.9 Å². The molecule has 1 fully saturated rings. The zero-order chi connectivity index (χ0) is 27.0. The van der Waals surface area contributed by atoms with Crippen LogP contribution < -0.4 is 10.5 Å². The summed E-state index contributed by atoms with van der Waals surface area (Å²) in [5, 5.41) is 19.0. The van der Waals surface area contributed by atoms with Crippen LogP contribution in [-0.2, 0) is 25.6 Å². The molecule has 4 N–H and O–H groups in total. The van der Waals surface area contributed by atoms with Crippen LogP contribution in [0.25, 0.3) is 0 Å². The van der Waals surface area contributed by atoms with Crippen molar-refractivity contribution in [2.45, 2.75) is 44.4 Å². The minimum atomic E-state index is -4.11. The summed E-state index contributed by atoms with van der Waals surface area (Å²) in [6.07, 6.45) is 2.95. The van der Waals surface area contributed by atoms with Crippen LogP contribution in [0, 0.1) is 12.8 Å². The Morgan fingerprint density at radius 3 is 2.89 bits per heavy atom. The van der Waals surface area contributed by atoms with Crippen LogP contribution >= 0.6 is 11.6 Å². The first-order valence-corrected chi connectivity index (χ1v) is 13.9. The summed E-state index contributed by atoms with van der Waals surface area (Å²) in [7, 11) is -4.11. The van der Waals surface area contributed by atoms with E-state index in [1.807, 2.05) is 18.2 Å². The Morgan fingerprint density at radius 2 is 2.11 bits per heavy atom. The largest absolute Gasteiger partial charge is 0.457 e. The average molecular weight is 563 g/mol. The predicted octanol–water partition coefficient (Wildman–Crippen LogP) is 2.70. The quantitative estimate of drug-likeness (QED) is 0.347. The molecule has 3 aromatic rings. The topological polar surface area (TPSA) is 167 Å². The van der Waals surface area contributed by atoms with Gasteiger partial charge in [0.1, 0.15) is 24.0 Å². The molecule has 0 bridgehead atoms. The van der Waals surface area contributed by atoms with Gasteiger partial charge >= 0.3 is 10.3 Å². The number of anilines is 1. The highest BCUT2D eigenvalue weighted by molar-refractivity contribution is 7.84. The number of hydrogen-bond acceptors (Lipinski definition) is 10. The van der Waals surface area contributed by atoms with Crippen molar-refractivity contribution in [2.24, 2.45) is 11.1 Å². The van der Waals surface area contributed by atoms with E-state index in [-0.39, 0.29) is 29.8 Å². The lowest BCUT2D eigenvalue weighted by atomic mass is 9.93. The molecule has 0 amide bonds. The lowest BCUT2D eigenvalue weighted by molar-refractivity contribution is 0.0689. The minimum absolute atomic E-state index is 0.110. The number of ketones is 1. The number of carbonyl (C=O) groups excluding carboxylic acids is 1. The molecule has 0 saturated heterocycles. The fourth-order valence-corrected chi connectivity index (χ4v) is 5.60. The molecule has 1 saturated carbocycles. The lowest BCUT2D eigenvalue weighted by Gasteiger charge is -2.26. The number of rotatable bonds is 8. The number of carbonyl (C=O) groups is 1. The number of nitrogens with zero attached hydrogens (tertiary/aromatic N) is 2. The first-order chi connectivity index (χ1) is 18.1. The number of furan rings is 1. The average Bonchev–Trinajstić information content (AvgIpc) is 3.43. The van der Waals surface area contributed by atoms with E-state index >= 15 is 0 Å². The summed E-state index contributed by atoms with van der Waals surface area (Å²) in [5.74, 6) is 0.0659. The number of aliphatic hydroxyl groups is 1. The molecule has 0 radical (unpaired) electrons. The third-order valence-corrected chi connectivity index (χ3v) is 7.61. The van der Waals surface area contributed by atoms with Gasteiger partial charge in [-0.3, -0.25) is 8.98 Å². The van der Waals surface area contributed by atoms with Gasteiger partial charge in [-0.15, -0.1) is 0 Å². The van der Waals surface area contributed by atoms with Gasteiger partial charge in [0.25, 0.3) is 0 Å². The van der Waals surface area contributed by atoms with Crippen molar-refractivity contribution < 1.29 is 31.7 Å². The molecule has 4 atom stereocenters. The standard InChI is InChI=1S/C25H27ClN4O7S/c1-13-18(24-19-7-16(26)3-2-14(19)4-5-35-24)9-22(37-13)23(32)20-10-28-12-29-25(20)30-17-6-15(21(31)8-17)11-36-38(27,33)34/h2-3,7,9-10,12,15,17,21,24,31H,4-6,8,11H2,1H3,(H2,27,33,34)(H,28,29,30)/t15-,17-,21+,24+/m1/s1. The number of aliphatic hydroxyl groups excluding tert-OH is 1. The summed E-state index contributed by atoms with van der Waals surface area (Å²) < 4.78 is 38.8. The van der Waals surface area contributed by atoms with Crippen LogP contribution in [0.5, 0.6) is 0 Å². The van der Waals surface area contributed by atoms with E-state index in [9.17, 15) is 18.3 Å². The van der Waals surface area contributed by atoms with Gasteiger partial charge in [-0.25, -0.2) is 15.1 Å². The molecule has 1 aromatic carbocycles. The van der Waals surface area contributed by atoms with E-state index in [0.717, 1.165) is 23.1 Å². The Labute approximate surface area is 224 Å². The fourth-order valence-electron chi connectivity index (χ4n) is 5.06. The van der Waals surface area contributed by atoms with Crippen molar-refractivity contribution >= 4 is 33.5 Å². The maximum absolute atomic E-state index is 13.5. The summed E-state index contributed by atoms with van der Waals surface area (Å²) in [5.41, 5.74) is 3.01. The summed E-state index contributed by atoms with van der Waals surface area (Å²) in [4.78, 5) is 21.7. The van der Waals surface area contributed by atoms with Crippen LogP contribution in [0.1, 0.15) is 57.5 Å². The molecule has 3 heterocycles. The molecule has 5 rings (SSSR count). The number of nitrogens with two attached hydrogens (primary N) is 1. The van der Waals surface area contributed by atoms with Crippen LogP contribution in [0.3, 0.4) is 0 Å². The summed E-state index contributed by atoms with van der Waals surface area (Å²) in [6.45, 7) is 2.07. The number of ether oxygens (including phenoxy) is 1. The van der Waals surface area contributed by atoms with Crippen LogP contribution in [0.4, 0.5) is 5.82 Å². The monoisotopic (exact) mass is 562 g/mol. The van der Waals surface area contributed by atoms with E-state index < -0.39 is 34.2 Å². The molecular weight excluding hydrogens is 536 g/mol. The predicted molar refractivity (Wildman–Crippen MR) is 137 cm³/mol. The van der Waals surface area contributed by atoms with Crippen molar-refractivity contribution in [1.82, 2.24) is 9.97 Å². The molecule has 1 aliphatic heterocycles. The maximum atomic E-state index is 13.5. The van der Waals surface area contributed by atoms with Crippen molar-refractivity contribution in [2.75, 3.05) is 18.5 Å². The van der Waals surface area contributed by atoms with Gasteiger partial charge in [-0.1, -0.05) is 17.7 Å². The zero-order valence-corrected chi connectivity index (χ0v) is 22.0. The Balaban J connectivity index is 1.35. The van der Waals surface area contributed by atoms with Crippen molar-refractivity contribution in [1.29, 1.82) is 0 Å². The third-order valence-electron chi connectivity index (χ3n) is 6.91. The second-order valence-electron chi connectivity index (χ2n) is 9.50. The van der Waals surface area contributed by atoms with Crippen LogP contribution in [0.15, 0.2) is 41.2 Å².